The molecule has 2 atom stereocenters. The van der Waals surface area contributed by atoms with E-state index in [2.05, 4.69) is 24.8 Å². The summed E-state index contributed by atoms with van der Waals surface area (Å²) in [4.78, 5) is 32.4. The Morgan fingerprint density at radius 1 is 1.22 bits per heavy atom. The van der Waals surface area contributed by atoms with Crippen LogP contribution in [0.2, 0.25) is 0 Å². The number of anilines is 1. The summed E-state index contributed by atoms with van der Waals surface area (Å²) in [5, 5.41) is 12.2. The van der Waals surface area contributed by atoms with E-state index in [0.717, 1.165) is 52.8 Å². The summed E-state index contributed by atoms with van der Waals surface area (Å²) in [6, 6.07) is 12.2. The monoisotopic (exact) mass is 504 g/mol. The summed E-state index contributed by atoms with van der Waals surface area (Å²) in [6.45, 7) is 3.71. The van der Waals surface area contributed by atoms with Crippen LogP contribution >= 0.6 is 0 Å². The van der Waals surface area contributed by atoms with Crippen molar-refractivity contribution in [2.45, 2.75) is 38.5 Å². The number of benzene rings is 2. The largest absolute Gasteiger partial charge is 0.491 e. The molecule has 0 radical (unpaired) electrons. The van der Waals surface area contributed by atoms with Gasteiger partial charge in [-0.1, -0.05) is 30.3 Å². The average Bonchev–Trinajstić information content (AvgIpc) is 3.57. The van der Waals surface area contributed by atoms with Crippen molar-refractivity contribution in [3.05, 3.63) is 54.6 Å². The maximum Gasteiger partial charge on any atom is 0.219 e. The molecule has 1 saturated heterocycles. The molecule has 5 rings (SSSR count). The molecule has 37 heavy (non-hydrogen) atoms. The van der Waals surface area contributed by atoms with E-state index < -0.39 is 6.10 Å². The zero-order valence-electron chi connectivity index (χ0n) is 21.1. The van der Waals surface area contributed by atoms with Gasteiger partial charge < -0.3 is 29.4 Å². The van der Waals surface area contributed by atoms with Crippen LogP contribution in [0.5, 0.6) is 5.75 Å². The van der Waals surface area contributed by atoms with Crippen molar-refractivity contribution in [3.8, 4) is 5.75 Å². The van der Waals surface area contributed by atoms with Gasteiger partial charge in [0.15, 0.2) is 11.5 Å². The molecule has 1 aliphatic rings. The smallest absolute Gasteiger partial charge is 0.219 e. The van der Waals surface area contributed by atoms with Crippen molar-refractivity contribution in [2.75, 3.05) is 38.3 Å². The number of hydrogen-bond donors (Lipinski definition) is 2. The highest BCUT2D eigenvalue weighted by molar-refractivity contribution is 5.91. The summed E-state index contributed by atoms with van der Waals surface area (Å²) < 4.78 is 11.4. The van der Waals surface area contributed by atoms with E-state index in [4.69, 9.17) is 9.47 Å². The summed E-state index contributed by atoms with van der Waals surface area (Å²) in [7, 11) is 1.53. The Morgan fingerprint density at radius 2 is 2.05 bits per heavy atom. The first kappa shape index (κ1) is 24.9. The van der Waals surface area contributed by atoms with E-state index in [9.17, 15) is 9.90 Å². The molecule has 2 N–H and O–H groups in total. The van der Waals surface area contributed by atoms with Crippen molar-refractivity contribution in [3.63, 3.8) is 0 Å². The molecular weight excluding hydrogens is 472 g/mol. The number of carbonyl (C=O) groups is 1. The first-order chi connectivity index (χ1) is 18.0. The minimum absolute atomic E-state index is 0.100. The van der Waals surface area contributed by atoms with Gasteiger partial charge in [-0.25, -0.2) is 15.0 Å². The van der Waals surface area contributed by atoms with Crippen LogP contribution in [-0.4, -0.2) is 81.4 Å². The van der Waals surface area contributed by atoms with Crippen molar-refractivity contribution in [1.82, 2.24) is 24.8 Å². The van der Waals surface area contributed by atoms with Crippen molar-refractivity contribution in [2.24, 2.45) is 0 Å². The van der Waals surface area contributed by atoms with Gasteiger partial charge in [0.05, 0.1) is 25.1 Å². The van der Waals surface area contributed by atoms with Crippen LogP contribution in [0, 0.1) is 0 Å². The molecule has 10 heteroatoms. The lowest BCUT2D eigenvalue weighted by molar-refractivity contribution is -0.131. The predicted molar refractivity (Wildman–Crippen MR) is 140 cm³/mol. The second kappa shape index (κ2) is 11.1. The molecule has 1 unspecified atom stereocenters. The quantitative estimate of drug-likeness (QED) is 0.339. The average molecular weight is 505 g/mol. The van der Waals surface area contributed by atoms with E-state index in [1.54, 1.807) is 17.6 Å². The number of methoxy groups -OCH3 is 1. The van der Waals surface area contributed by atoms with Gasteiger partial charge in [-0.15, -0.1) is 0 Å². The minimum Gasteiger partial charge on any atom is -0.491 e. The van der Waals surface area contributed by atoms with E-state index in [1.807, 2.05) is 36.4 Å². The number of nitrogens with one attached hydrogen (secondary N) is 1. The molecule has 2 aromatic carbocycles. The summed E-state index contributed by atoms with van der Waals surface area (Å²) in [5.74, 6) is 1.56. The van der Waals surface area contributed by atoms with E-state index in [0.29, 0.717) is 18.8 Å². The molecule has 3 heterocycles. The summed E-state index contributed by atoms with van der Waals surface area (Å²) in [5.41, 5.74) is 2.50. The van der Waals surface area contributed by atoms with E-state index >= 15 is 0 Å². The fraction of sp³-hybridized carbons (Fsp3) is 0.407. The van der Waals surface area contributed by atoms with Crippen LogP contribution in [0.25, 0.3) is 21.9 Å². The first-order valence-electron chi connectivity index (χ1n) is 12.5. The number of aromatic amines is 1. The van der Waals surface area contributed by atoms with Gasteiger partial charge in [0, 0.05) is 39.1 Å². The molecule has 4 aromatic rings. The third-order valence-electron chi connectivity index (χ3n) is 6.85. The summed E-state index contributed by atoms with van der Waals surface area (Å²) in [6.07, 6.45) is 4.52. The van der Waals surface area contributed by atoms with E-state index in [1.165, 1.54) is 14.0 Å². The topological polar surface area (TPSA) is 117 Å². The van der Waals surface area contributed by atoms with Gasteiger partial charge in [0.25, 0.3) is 0 Å². The highest BCUT2D eigenvalue weighted by Crippen LogP contribution is 2.32. The molecule has 0 saturated carbocycles. The zero-order chi connectivity index (χ0) is 25.8. The van der Waals surface area contributed by atoms with Gasteiger partial charge in [0.2, 0.25) is 5.91 Å². The Bertz CT molecular complexity index is 1380. The lowest BCUT2D eigenvalue weighted by Gasteiger charge is -2.27. The van der Waals surface area contributed by atoms with Gasteiger partial charge >= 0.3 is 0 Å². The first-order valence-corrected chi connectivity index (χ1v) is 12.5. The number of carbonyl (C=O) groups excluding carboxylic acids is 1. The van der Waals surface area contributed by atoms with Crippen LogP contribution in [0.1, 0.15) is 25.3 Å². The number of nitrogens with zero attached hydrogens (tertiary/aromatic N) is 5. The van der Waals surface area contributed by atoms with E-state index in [-0.39, 0.29) is 25.1 Å². The Kier molecular flexibility index (Phi) is 7.47. The van der Waals surface area contributed by atoms with Crippen LogP contribution < -0.4 is 9.64 Å². The predicted octanol–water partition coefficient (Wildman–Crippen LogP) is 2.91. The number of H-pyrrole nitrogens is 1. The number of hydrogen-bond acceptors (Lipinski definition) is 8. The molecular formula is C27H32N6O4. The van der Waals surface area contributed by atoms with Crippen LogP contribution in [0.3, 0.4) is 0 Å². The third-order valence-corrected chi connectivity index (χ3v) is 6.85. The van der Waals surface area contributed by atoms with Crippen molar-refractivity contribution in [1.29, 1.82) is 0 Å². The van der Waals surface area contributed by atoms with Gasteiger partial charge in [0.1, 0.15) is 24.2 Å². The SMILES string of the molecule is COCC(O)CN(Cc1ccc(OC[C@H]2CCCN2c2ncnc3nc[nH]c23)c2ccccc12)C(C)=O. The number of amides is 1. The Hall–Kier alpha value is -3.76. The Labute approximate surface area is 215 Å². The minimum atomic E-state index is -0.741. The molecule has 194 valence electrons. The Balaban J connectivity index is 1.34. The fourth-order valence-electron chi connectivity index (χ4n) is 5.05. The zero-order valence-corrected chi connectivity index (χ0v) is 21.1. The number of aliphatic hydroxyl groups is 1. The Morgan fingerprint density at radius 3 is 2.86 bits per heavy atom. The second-order valence-corrected chi connectivity index (χ2v) is 9.38. The molecule has 2 aromatic heterocycles. The number of aromatic nitrogens is 4. The lowest BCUT2D eigenvalue weighted by Crippen LogP contribution is -2.37. The van der Waals surface area contributed by atoms with Crippen LogP contribution in [0.15, 0.2) is 49.1 Å². The fourth-order valence-corrected chi connectivity index (χ4v) is 5.05. The molecule has 0 spiro atoms. The standard InChI is InChI=1S/C27H32N6O4/c1-18(34)32(13-21(35)15-36-2)12-19-9-10-24(23-8-4-3-7-22(19)23)37-14-20-6-5-11-33(20)27-25-26(29-16-28-25)30-17-31-27/h3-4,7-10,16-17,20-21,35H,5-6,11-15H2,1-2H3,(H,28,29,30,31)/t20-,21?/m1/s1. The number of ether oxygens (including phenoxy) is 2. The molecule has 0 bridgehead atoms. The lowest BCUT2D eigenvalue weighted by atomic mass is 10.0. The number of rotatable bonds is 10. The van der Waals surface area contributed by atoms with Gasteiger partial charge in [-0.3, -0.25) is 4.79 Å². The molecule has 1 fully saturated rings. The second-order valence-electron chi connectivity index (χ2n) is 9.38. The molecule has 1 aliphatic heterocycles. The number of imidazole rings is 1. The van der Waals surface area contributed by atoms with Crippen molar-refractivity contribution < 1.29 is 19.4 Å². The number of fused-ring (bicyclic) bond motifs is 2. The third kappa shape index (κ3) is 5.35. The highest BCUT2D eigenvalue weighted by Gasteiger charge is 2.28. The molecule has 1 amide bonds. The maximum atomic E-state index is 12.3. The van der Waals surface area contributed by atoms with Crippen LogP contribution in [0.4, 0.5) is 5.82 Å². The summed E-state index contributed by atoms with van der Waals surface area (Å²) >= 11 is 0. The molecule has 0 aliphatic carbocycles. The highest BCUT2D eigenvalue weighted by atomic mass is 16.5. The van der Waals surface area contributed by atoms with Gasteiger partial charge in [-0.2, -0.15) is 0 Å². The normalized spacial score (nSPS) is 16.4. The maximum absolute atomic E-state index is 12.3. The van der Waals surface area contributed by atoms with Gasteiger partial charge in [-0.05, 0) is 29.9 Å². The molecule has 10 nitrogen and oxygen atoms in total. The van der Waals surface area contributed by atoms with Crippen LogP contribution in [-0.2, 0) is 16.1 Å². The number of aliphatic hydroxyl groups excluding tert-OH is 1. The van der Waals surface area contributed by atoms with Crippen molar-refractivity contribution >= 4 is 33.7 Å².